The third-order valence-electron chi connectivity index (χ3n) is 4.44. The lowest BCUT2D eigenvalue weighted by molar-refractivity contribution is -0.118. The number of hydrogen-bond donors (Lipinski definition) is 2. The number of amides is 2. The molecule has 27 heavy (non-hydrogen) atoms. The van der Waals surface area contributed by atoms with Crippen molar-refractivity contribution >= 4 is 11.8 Å². The van der Waals surface area contributed by atoms with Crippen LogP contribution in [0.1, 0.15) is 60.8 Å². The lowest BCUT2D eigenvalue weighted by Gasteiger charge is -2.26. The zero-order valence-electron chi connectivity index (χ0n) is 18.2. The number of rotatable bonds is 14. The molecule has 0 spiro atoms. The van der Waals surface area contributed by atoms with Gasteiger partial charge in [0.15, 0.2) is 0 Å². The topological polar surface area (TPSA) is 67.4 Å². The summed E-state index contributed by atoms with van der Waals surface area (Å²) in [6.45, 7) is 22.0. The summed E-state index contributed by atoms with van der Waals surface area (Å²) in [6, 6.07) is 0. The summed E-state index contributed by atoms with van der Waals surface area (Å²) in [4.78, 5) is 23.0. The fourth-order valence-corrected chi connectivity index (χ4v) is 2.53. The van der Waals surface area contributed by atoms with Gasteiger partial charge in [0.05, 0.1) is 13.2 Å². The Morgan fingerprint density at radius 1 is 0.963 bits per heavy atom. The molecule has 2 unspecified atom stereocenters. The molecular weight excluding hydrogens is 340 g/mol. The van der Waals surface area contributed by atoms with Crippen molar-refractivity contribution in [1.29, 1.82) is 0 Å². The largest absolute Gasteiger partial charge is 0.381 e. The molecule has 0 aromatic heterocycles. The molecule has 0 aromatic rings. The third kappa shape index (κ3) is 13.2. The van der Waals surface area contributed by atoms with E-state index >= 15 is 0 Å². The van der Waals surface area contributed by atoms with Gasteiger partial charge in [0.25, 0.3) is 0 Å². The molecule has 0 aromatic carbocycles. The van der Waals surface area contributed by atoms with Crippen molar-refractivity contribution in [2.24, 2.45) is 17.3 Å². The number of ether oxygens (including phenoxy) is 1. The summed E-state index contributed by atoms with van der Waals surface area (Å²) in [7, 11) is 0. The van der Waals surface area contributed by atoms with Gasteiger partial charge in [-0.2, -0.15) is 0 Å². The fraction of sp³-hybridized carbons (Fsp3) is 0.727. The molecule has 2 N–H and O–H groups in total. The van der Waals surface area contributed by atoms with Crippen LogP contribution >= 0.6 is 0 Å². The van der Waals surface area contributed by atoms with Crippen LogP contribution in [-0.2, 0) is 14.3 Å². The Labute approximate surface area is 166 Å². The predicted molar refractivity (Wildman–Crippen MR) is 112 cm³/mol. The van der Waals surface area contributed by atoms with E-state index in [9.17, 15) is 9.59 Å². The van der Waals surface area contributed by atoms with Crippen LogP contribution in [0.3, 0.4) is 0 Å². The summed E-state index contributed by atoms with van der Waals surface area (Å²) in [5.41, 5.74) is 1.19. The SMILES string of the molecule is C=C(C)C(=O)NCC(C)CCCC(C)(C)COCC(C)CNC(=O)C(=C)C. The van der Waals surface area contributed by atoms with Crippen LogP contribution in [-0.4, -0.2) is 38.1 Å². The first-order valence-electron chi connectivity index (χ1n) is 9.89. The van der Waals surface area contributed by atoms with Gasteiger partial charge in [-0.1, -0.05) is 47.3 Å². The Kier molecular flexibility index (Phi) is 11.9. The minimum atomic E-state index is -0.101. The van der Waals surface area contributed by atoms with Crippen molar-refractivity contribution in [3.63, 3.8) is 0 Å². The number of carbonyl (C=O) groups excluding carboxylic acids is 2. The van der Waals surface area contributed by atoms with E-state index in [0.29, 0.717) is 43.4 Å². The molecule has 156 valence electrons. The first-order valence-corrected chi connectivity index (χ1v) is 9.89. The zero-order valence-corrected chi connectivity index (χ0v) is 18.2. The van der Waals surface area contributed by atoms with Gasteiger partial charge in [-0.25, -0.2) is 0 Å². The highest BCUT2D eigenvalue weighted by atomic mass is 16.5. The molecule has 0 aliphatic rings. The van der Waals surface area contributed by atoms with Crippen LogP contribution < -0.4 is 10.6 Å². The van der Waals surface area contributed by atoms with Crippen molar-refractivity contribution in [2.75, 3.05) is 26.3 Å². The first-order chi connectivity index (χ1) is 12.4. The number of hydrogen-bond acceptors (Lipinski definition) is 3. The molecule has 5 heteroatoms. The van der Waals surface area contributed by atoms with Crippen LogP contribution in [0.5, 0.6) is 0 Å². The Hall–Kier alpha value is -1.62. The van der Waals surface area contributed by atoms with Gasteiger partial charge in [0.1, 0.15) is 0 Å². The van der Waals surface area contributed by atoms with E-state index < -0.39 is 0 Å². The highest BCUT2D eigenvalue weighted by Crippen LogP contribution is 2.25. The van der Waals surface area contributed by atoms with Crippen molar-refractivity contribution in [3.05, 3.63) is 24.3 Å². The van der Waals surface area contributed by atoms with E-state index in [1.54, 1.807) is 13.8 Å². The van der Waals surface area contributed by atoms with Gasteiger partial charge in [0.2, 0.25) is 11.8 Å². The fourth-order valence-electron chi connectivity index (χ4n) is 2.53. The van der Waals surface area contributed by atoms with Crippen molar-refractivity contribution < 1.29 is 14.3 Å². The summed E-state index contributed by atoms with van der Waals surface area (Å²) in [6.07, 6.45) is 3.25. The Bertz CT molecular complexity index is 468. The van der Waals surface area contributed by atoms with Crippen LogP contribution in [0.4, 0.5) is 0 Å². The Morgan fingerprint density at radius 3 is 1.93 bits per heavy atom. The minimum Gasteiger partial charge on any atom is -0.381 e. The molecule has 0 saturated carbocycles. The molecule has 2 amide bonds. The Morgan fingerprint density at radius 2 is 1.44 bits per heavy atom. The quantitative estimate of drug-likeness (QED) is 0.450. The average Bonchev–Trinajstić information content (AvgIpc) is 2.56. The third-order valence-corrected chi connectivity index (χ3v) is 4.44. The summed E-state index contributed by atoms with van der Waals surface area (Å²) in [5, 5.41) is 5.75. The molecule has 0 aliphatic heterocycles. The molecular formula is C22H40N2O3. The first kappa shape index (κ1) is 25.4. The van der Waals surface area contributed by atoms with Crippen LogP contribution in [0.2, 0.25) is 0 Å². The lowest BCUT2D eigenvalue weighted by atomic mass is 9.86. The number of carbonyl (C=O) groups is 2. The van der Waals surface area contributed by atoms with Crippen LogP contribution in [0.15, 0.2) is 24.3 Å². The Balaban J connectivity index is 3.93. The van der Waals surface area contributed by atoms with Crippen molar-refractivity contribution in [1.82, 2.24) is 10.6 Å². The van der Waals surface area contributed by atoms with E-state index in [-0.39, 0.29) is 23.1 Å². The van der Waals surface area contributed by atoms with Gasteiger partial charge >= 0.3 is 0 Å². The molecule has 0 aliphatic carbocycles. The average molecular weight is 381 g/mol. The molecule has 0 heterocycles. The smallest absolute Gasteiger partial charge is 0.246 e. The highest BCUT2D eigenvalue weighted by Gasteiger charge is 2.19. The highest BCUT2D eigenvalue weighted by molar-refractivity contribution is 5.92. The maximum absolute atomic E-state index is 11.5. The maximum Gasteiger partial charge on any atom is 0.246 e. The van der Waals surface area contributed by atoms with Gasteiger partial charge in [-0.05, 0) is 43.9 Å². The van der Waals surface area contributed by atoms with Crippen LogP contribution in [0, 0.1) is 17.3 Å². The summed E-state index contributed by atoms with van der Waals surface area (Å²) < 4.78 is 5.88. The normalized spacial score (nSPS) is 13.6. The second-order valence-corrected chi connectivity index (χ2v) is 8.76. The van der Waals surface area contributed by atoms with Crippen molar-refractivity contribution in [2.45, 2.75) is 60.8 Å². The van der Waals surface area contributed by atoms with Gasteiger partial charge < -0.3 is 15.4 Å². The molecule has 0 radical (unpaired) electrons. The van der Waals surface area contributed by atoms with E-state index in [2.05, 4.69) is 51.5 Å². The zero-order chi connectivity index (χ0) is 21.0. The molecule has 0 rings (SSSR count). The molecule has 0 fully saturated rings. The number of nitrogens with one attached hydrogen (secondary N) is 2. The predicted octanol–water partition coefficient (Wildman–Crippen LogP) is 3.86. The minimum absolute atomic E-state index is 0.0656. The van der Waals surface area contributed by atoms with Crippen LogP contribution in [0.25, 0.3) is 0 Å². The van der Waals surface area contributed by atoms with Crippen molar-refractivity contribution in [3.8, 4) is 0 Å². The molecule has 5 nitrogen and oxygen atoms in total. The summed E-state index contributed by atoms with van der Waals surface area (Å²) >= 11 is 0. The van der Waals surface area contributed by atoms with E-state index in [0.717, 1.165) is 19.3 Å². The standard InChI is InChI=1S/C22H40N2O3/c1-16(2)20(25)23-12-18(5)10-9-11-22(7,8)15-27-14-19(6)13-24-21(26)17(3)4/h18-19H,1,3,9-15H2,2,4-8H3,(H,23,25)(H,24,26). The maximum atomic E-state index is 11.5. The second-order valence-electron chi connectivity index (χ2n) is 8.76. The molecule has 0 bridgehead atoms. The van der Waals surface area contributed by atoms with Gasteiger partial charge in [0, 0.05) is 24.2 Å². The summed E-state index contributed by atoms with van der Waals surface area (Å²) in [5.74, 6) is 0.544. The molecule has 2 atom stereocenters. The second kappa shape index (κ2) is 12.7. The van der Waals surface area contributed by atoms with E-state index in [4.69, 9.17) is 4.74 Å². The van der Waals surface area contributed by atoms with Gasteiger partial charge in [-0.3, -0.25) is 9.59 Å². The van der Waals surface area contributed by atoms with Gasteiger partial charge in [-0.15, -0.1) is 0 Å². The van der Waals surface area contributed by atoms with E-state index in [1.165, 1.54) is 0 Å². The van der Waals surface area contributed by atoms with E-state index in [1.807, 2.05) is 0 Å². The lowest BCUT2D eigenvalue weighted by Crippen LogP contribution is -2.31. The monoisotopic (exact) mass is 380 g/mol. The molecule has 0 saturated heterocycles.